The molecule has 8 heteroatoms. The highest BCUT2D eigenvalue weighted by Crippen LogP contribution is 2.27. The third-order valence-electron chi connectivity index (χ3n) is 4.07. The molecule has 31 heavy (non-hydrogen) atoms. The molecule has 0 aliphatic rings. The maximum absolute atomic E-state index is 9.55. The summed E-state index contributed by atoms with van der Waals surface area (Å²) in [5.41, 5.74) is 3.49. The van der Waals surface area contributed by atoms with Gasteiger partial charge in [-0.1, -0.05) is 58.4 Å². The van der Waals surface area contributed by atoms with E-state index < -0.39 is 11.9 Å². The van der Waals surface area contributed by atoms with Crippen molar-refractivity contribution < 1.29 is 24.5 Å². The van der Waals surface area contributed by atoms with E-state index in [-0.39, 0.29) is 6.10 Å². The molecule has 0 aliphatic carbocycles. The molecule has 3 rings (SSSR count). The highest BCUT2D eigenvalue weighted by molar-refractivity contribution is 9.10. The number of nitrogens with zero attached hydrogens (tertiary/aromatic N) is 1. The summed E-state index contributed by atoms with van der Waals surface area (Å²) in [7, 11) is 0. The van der Waals surface area contributed by atoms with Crippen LogP contribution in [-0.2, 0) is 20.7 Å². The summed E-state index contributed by atoms with van der Waals surface area (Å²) in [5.74, 6) is -2.51. The molecule has 2 aromatic carbocycles. The van der Waals surface area contributed by atoms with Crippen LogP contribution in [0.2, 0.25) is 0 Å². The molecule has 0 bridgehead atoms. The molecule has 7 nitrogen and oxygen atoms in total. The number of nitrogens with one attached hydrogen (secondary N) is 1. The number of carboxylic acids is 2. The van der Waals surface area contributed by atoms with Gasteiger partial charge in [-0.05, 0) is 36.1 Å². The number of carboxylic acid groups (broad SMARTS) is 2. The molecule has 1 unspecified atom stereocenters. The van der Waals surface area contributed by atoms with E-state index in [2.05, 4.69) is 74.4 Å². The number of aryl methyl sites for hydroxylation is 1. The van der Waals surface area contributed by atoms with E-state index in [1.165, 1.54) is 11.1 Å². The zero-order valence-corrected chi connectivity index (χ0v) is 18.2. The number of aromatic amines is 1. The number of hydrogen-bond acceptors (Lipinski definition) is 4. The van der Waals surface area contributed by atoms with Crippen molar-refractivity contribution in [2.75, 3.05) is 6.61 Å². The van der Waals surface area contributed by atoms with Crippen molar-refractivity contribution in [3.63, 3.8) is 0 Å². The molecule has 1 atom stereocenters. The zero-order chi connectivity index (χ0) is 22.5. The van der Waals surface area contributed by atoms with Crippen LogP contribution in [0.15, 0.2) is 83.7 Å². The lowest BCUT2D eigenvalue weighted by molar-refractivity contribution is -0.134. The van der Waals surface area contributed by atoms with E-state index in [0.29, 0.717) is 18.8 Å². The second-order valence-corrected chi connectivity index (χ2v) is 7.32. The smallest absolute Gasteiger partial charge is 0.328 e. The van der Waals surface area contributed by atoms with Crippen molar-refractivity contribution in [3.8, 4) is 0 Å². The lowest BCUT2D eigenvalue weighted by Gasteiger charge is -2.19. The first-order chi connectivity index (χ1) is 15.0. The largest absolute Gasteiger partial charge is 0.478 e. The summed E-state index contributed by atoms with van der Waals surface area (Å²) >= 11 is 3.49. The van der Waals surface area contributed by atoms with Crippen LogP contribution < -0.4 is 0 Å². The highest BCUT2D eigenvalue weighted by Gasteiger charge is 2.14. The fourth-order valence-corrected chi connectivity index (χ4v) is 2.94. The molecule has 3 N–H and O–H groups in total. The zero-order valence-electron chi connectivity index (χ0n) is 16.6. The Kier molecular flexibility index (Phi) is 10.2. The molecule has 162 valence electrons. The van der Waals surface area contributed by atoms with Gasteiger partial charge in [0.05, 0.1) is 6.33 Å². The second kappa shape index (κ2) is 13.1. The Morgan fingerprint density at radius 3 is 2.16 bits per heavy atom. The van der Waals surface area contributed by atoms with Gasteiger partial charge in [-0.2, -0.15) is 0 Å². The Morgan fingerprint density at radius 2 is 1.61 bits per heavy atom. The van der Waals surface area contributed by atoms with Crippen LogP contribution in [0.25, 0.3) is 0 Å². The average molecular weight is 487 g/mol. The molecule has 0 amide bonds. The van der Waals surface area contributed by atoms with E-state index in [1.807, 2.05) is 12.3 Å². The van der Waals surface area contributed by atoms with E-state index in [4.69, 9.17) is 14.9 Å². The standard InChI is InChI=1S/C19H19BrN2O.C4H4O4/c20-17-10-8-16(9-11-17)19(15-5-2-1-3-6-15)23-12-4-7-18-13-21-14-22-18;5-3(6)1-2-4(7)8/h1-3,5-6,8-11,13-14,19H,4,7,12H2,(H,21,22);1-2H,(H,5,6)(H,7,8)/b;2-1-. The number of imidazole rings is 1. The van der Waals surface area contributed by atoms with Gasteiger partial charge in [-0.3, -0.25) is 0 Å². The van der Waals surface area contributed by atoms with Gasteiger partial charge in [0.15, 0.2) is 0 Å². The first-order valence-electron chi connectivity index (χ1n) is 9.49. The summed E-state index contributed by atoms with van der Waals surface area (Å²) in [6, 6.07) is 18.7. The average Bonchev–Trinajstić information content (AvgIpc) is 3.28. The Balaban J connectivity index is 0.000000366. The van der Waals surface area contributed by atoms with Gasteiger partial charge in [-0.15, -0.1) is 0 Å². The summed E-state index contributed by atoms with van der Waals surface area (Å²) in [6.45, 7) is 0.703. The summed E-state index contributed by atoms with van der Waals surface area (Å²) in [6.07, 6.45) is 6.56. The maximum Gasteiger partial charge on any atom is 0.328 e. The predicted octanol–water partition coefficient (Wildman–Crippen LogP) is 4.62. The van der Waals surface area contributed by atoms with Gasteiger partial charge in [0.2, 0.25) is 0 Å². The van der Waals surface area contributed by atoms with Crippen molar-refractivity contribution in [1.82, 2.24) is 9.97 Å². The van der Waals surface area contributed by atoms with Gasteiger partial charge in [0.25, 0.3) is 0 Å². The van der Waals surface area contributed by atoms with Crippen LogP contribution >= 0.6 is 15.9 Å². The van der Waals surface area contributed by atoms with Gasteiger partial charge < -0.3 is 19.9 Å². The lowest BCUT2D eigenvalue weighted by Crippen LogP contribution is -2.08. The van der Waals surface area contributed by atoms with Crippen LogP contribution in [-0.4, -0.2) is 38.7 Å². The predicted molar refractivity (Wildman–Crippen MR) is 120 cm³/mol. The van der Waals surface area contributed by atoms with Crippen LogP contribution in [0.1, 0.15) is 29.3 Å². The quantitative estimate of drug-likeness (QED) is 0.300. The molecular weight excluding hydrogens is 464 g/mol. The molecule has 1 aromatic heterocycles. The molecule has 1 heterocycles. The first-order valence-corrected chi connectivity index (χ1v) is 10.3. The van der Waals surface area contributed by atoms with Crippen LogP contribution in [0.4, 0.5) is 0 Å². The second-order valence-electron chi connectivity index (χ2n) is 6.40. The Hall–Kier alpha value is -3.23. The topological polar surface area (TPSA) is 113 Å². The van der Waals surface area contributed by atoms with E-state index in [9.17, 15) is 9.59 Å². The van der Waals surface area contributed by atoms with E-state index >= 15 is 0 Å². The number of benzene rings is 2. The van der Waals surface area contributed by atoms with Crippen LogP contribution in [0.5, 0.6) is 0 Å². The SMILES string of the molecule is Brc1ccc(C(OCCCc2cnc[nH]2)c2ccccc2)cc1.O=C(O)/C=C\C(=O)O. The third kappa shape index (κ3) is 9.41. The van der Waals surface area contributed by atoms with Gasteiger partial charge in [0.1, 0.15) is 6.10 Å². The highest BCUT2D eigenvalue weighted by atomic mass is 79.9. The van der Waals surface area contributed by atoms with Crippen LogP contribution in [0, 0.1) is 0 Å². The molecule has 3 aromatic rings. The fraction of sp³-hybridized carbons (Fsp3) is 0.174. The Morgan fingerprint density at radius 1 is 1.00 bits per heavy atom. The van der Waals surface area contributed by atoms with Gasteiger partial charge in [-0.25, -0.2) is 14.6 Å². The number of ether oxygens (including phenoxy) is 1. The van der Waals surface area contributed by atoms with Crippen LogP contribution in [0.3, 0.4) is 0 Å². The molecular formula is C23H23BrN2O5. The normalized spacial score (nSPS) is 11.5. The van der Waals surface area contributed by atoms with Crippen molar-refractivity contribution in [1.29, 1.82) is 0 Å². The molecule has 0 saturated heterocycles. The molecule has 0 fully saturated rings. The number of aromatic nitrogens is 2. The van der Waals surface area contributed by atoms with Crippen molar-refractivity contribution in [2.24, 2.45) is 0 Å². The number of carbonyl (C=O) groups is 2. The number of H-pyrrole nitrogens is 1. The molecule has 0 spiro atoms. The molecule has 0 radical (unpaired) electrons. The van der Waals surface area contributed by atoms with Crippen molar-refractivity contribution in [2.45, 2.75) is 18.9 Å². The fourth-order valence-electron chi connectivity index (χ4n) is 2.68. The number of hydrogen-bond donors (Lipinski definition) is 3. The number of aliphatic carboxylic acids is 2. The van der Waals surface area contributed by atoms with Gasteiger partial charge in [0, 0.05) is 35.1 Å². The van der Waals surface area contributed by atoms with Gasteiger partial charge >= 0.3 is 11.9 Å². The number of rotatable bonds is 9. The monoisotopic (exact) mass is 486 g/mol. The van der Waals surface area contributed by atoms with E-state index in [0.717, 1.165) is 23.0 Å². The molecule has 0 saturated carbocycles. The Bertz CT molecular complexity index is 941. The van der Waals surface area contributed by atoms with Crippen molar-refractivity contribution in [3.05, 3.63) is 101 Å². The minimum absolute atomic E-state index is 0.0360. The minimum atomic E-state index is -1.26. The summed E-state index contributed by atoms with van der Waals surface area (Å²) in [4.78, 5) is 26.3. The maximum atomic E-state index is 9.55. The van der Waals surface area contributed by atoms with E-state index in [1.54, 1.807) is 6.33 Å². The Labute approximate surface area is 188 Å². The number of halogens is 1. The summed E-state index contributed by atoms with van der Waals surface area (Å²) in [5, 5.41) is 15.6. The molecule has 0 aliphatic heterocycles. The van der Waals surface area contributed by atoms with Crippen molar-refractivity contribution >= 4 is 27.9 Å². The summed E-state index contributed by atoms with van der Waals surface area (Å²) < 4.78 is 7.28. The minimum Gasteiger partial charge on any atom is -0.478 e. The lowest BCUT2D eigenvalue weighted by atomic mass is 10.0. The third-order valence-corrected chi connectivity index (χ3v) is 4.60. The first kappa shape index (κ1) is 24.0.